The first-order valence-corrected chi connectivity index (χ1v) is 12.9. The van der Waals surface area contributed by atoms with Crippen molar-refractivity contribution in [3.05, 3.63) is 71.4 Å². The van der Waals surface area contributed by atoms with Gasteiger partial charge in [-0.1, -0.05) is 13.0 Å². The number of amides is 2. The number of anilines is 3. The van der Waals surface area contributed by atoms with E-state index in [-0.39, 0.29) is 36.1 Å². The Morgan fingerprint density at radius 2 is 1.84 bits per heavy atom. The van der Waals surface area contributed by atoms with Crippen molar-refractivity contribution in [3.63, 3.8) is 0 Å². The van der Waals surface area contributed by atoms with Gasteiger partial charge in [-0.2, -0.15) is 18.3 Å². The van der Waals surface area contributed by atoms with E-state index >= 15 is 0 Å². The smallest absolute Gasteiger partial charge is 0.384 e. The Morgan fingerprint density at radius 1 is 1.12 bits per heavy atom. The van der Waals surface area contributed by atoms with Crippen LogP contribution in [-0.4, -0.2) is 45.8 Å². The molecule has 7 N–H and O–H groups in total. The van der Waals surface area contributed by atoms with Crippen LogP contribution in [0.1, 0.15) is 35.0 Å². The van der Waals surface area contributed by atoms with Crippen LogP contribution in [0, 0.1) is 17.1 Å². The number of halogens is 4. The summed E-state index contributed by atoms with van der Waals surface area (Å²) in [5, 5.41) is 17.2. The summed E-state index contributed by atoms with van der Waals surface area (Å²) in [6, 6.07) is 6.88. The summed E-state index contributed by atoms with van der Waals surface area (Å²) in [5.74, 6) is -1.99. The van der Waals surface area contributed by atoms with Gasteiger partial charge in [0, 0.05) is 30.8 Å². The first-order chi connectivity index (χ1) is 20.4. The van der Waals surface area contributed by atoms with Gasteiger partial charge < -0.3 is 32.2 Å². The molecule has 0 fully saturated rings. The molecule has 2 amide bonds. The van der Waals surface area contributed by atoms with E-state index in [1.165, 1.54) is 30.1 Å². The maximum absolute atomic E-state index is 14.1. The SMILES string of the molecule is CCC(COC)C(=N)C(=O)c1cc(-c2ccc(NC(=O)Nc3cc(C(F)(F)F)ccc3F)c(CN)c2)c2c(N)ncnn12. The number of carbonyl (C=O) groups is 2. The van der Waals surface area contributed by atoms with Crippen LogP contribution in [-0.2, 0) is 17.5 Å². The minimum absolute atomic E-state index is 0.0681. The molecule has 4 aromatic rings. The Hall–Kier alpha value is -4.89. The van der Waals surface area contributed by atoms with Gasteiger partial charge in [0.15, 0.2) is 5.82 Å². The van der Waals surface area contributed by atoms with Gasteiger partial charge in [-0.05, 0) is 53.9 Å². The number of Topliss-reactive ketones (excluding diaryl/α,β-unsaturated/α-hetero) is 1. The number of alkyl halides is 3. The summed E-state index contributed by atoms with van der Waals surface area (Å²) >= 11 is 0. The van der Waals surface area contributed by atoms with Gasteiger partial charge in [-0.15, -0.1) is 0 Å². The van der Waals surface area contributed by atoms with Crippen LogP contribution in [0.15, 0.2) is 48.8 Å². The number of carbonyl (C=O) groups excluding carboxylic acids is 2. The van der Waals surface area contributed by atoms with Crippen molar-refractivity contribution in [2.24, 2.45) is 11.7 Å². The Morgan fingerprint density at radius 3 is 2.49 bits per heavy atom. The van der Waals surface area contributed by atoms with Crippen molar-refractivity contribution in [1.29, 1.82) is 5.41 Å². The lowest BCUT2D eigenvalue weighted by atomic mass is 9.96. The van der Waals surface area contributed by atoms with E-state index in [4.69, 9.17) is 21.6 Å². The molecule has 2 aromatic heterocycles. The van der Waals surface area contributed by atoms with Gasteiger partial charge in [0.2, 0.25) is 5.78 Å². The van der Waals surface area contributed by atoms with Gasteiger partial charge >= 0.3 is 12.2 Å². The maximum Gasteiger partial charge on any atom is 0.416 e. The minimum atomic E-state index is -4.73. The number of nitrogens with one attached hydrogen (secondary N) is 3. The minimum Gasteiger partial charge on any atom is -0.384 e. The molecule has 0 saturated heterocycles. The highest BCUT2D eigenvalue weighted by Gasteiger charge is 2.31. The van der Waals surface area contributed by atoms with Gasteiger partial charge in [0.25, 0.3) is 0 Å². The van der Waals surface area contributed by atoms with E-state index in [0.29, 0.717) is 46.8 Å². The molecular weight excluding hydrogens is 572 g/mol. The highest BCUT2D eigenvalue weighted by Crippen LogP contribution is 2.34. The predicted octanol–water partition coefficient (Wildman–Crippen LogP) is 5.11. The van der Waals surface area contributed by atoms with Gasteiger partial charge in [0.1, 0.15) is 23.4 Å². The van der Waals surface area contributed by atoms with E-state index in [0.717, 1.165) is 0 Å². The molecule has 0 spiro atoms. The van der Waals surface area contributed by atoms with E-state index in [2.05, 4.69) is 20.7 Å². The van der Waals surface area contributed by atoms with Crippen LogP contribution < -0.4 is 22.1 Å². The number of aromatic nitrogens is 3. The van der Waals surface area contributed by atoms with Crippen LogP contribution >= 0.6 is 0 Å². The first kappa shape index (κ1) is 31.1. The molecule has 43 heavy (non-hydrogen) atoms. The van der Waals surface area contributed by atoms with Gasteiger partial charge in [-0.25, -0.2) is 18.7 Å². The molecule has 1 unspecified atom stereocenters. The Balaban J connectivity index is 1.67. The number of nitrogens with zero attached hydrogens (tertiary/aromatic N) is 3. The van der Waals surface area contributed by atoms with Crippen molar-refractivity contribution in [3.8, 4) is 11.1 Å². The number of benzene rings is 2. The predicted molar refractivity (Wildman–Crippen MR) is 152 cm³/mol. The van der Waals surface area contributed by atoms with Crippen molar-refractivity contribution < 1.29 is 31.9 Å². The number of ether oxygens (including phenoxy) is 1. The summed E-state index contributed by atoms with van der Waals surface area (Å²) in [4.78, 5) is 30.0. The van der Waals surface area contributed by atoms with E-state index in [9.17, 15) is 27.2 Å². The Labute approximate surface area is 242 Å². The number of urea groups is 1. The molecule has 11 nitrogen and oxygen atoms in total. The van der Waals surface area contributed by atoms with Crippen LogP contribution in [0.4, 0.5) is 39.5 Å². The highest BCUT2D eigenvalue weighted by atomic mass is 19.4. The normalized spacial score (nSPS) is 12.3. The number of nitrogen functional groups attached to an aromatic ring is 1. The lowest BCUT2D eigenvalue weighted by molar-refractivity contribution is -0.137. The first-order valence-electron chi connectivity index (χ1n) is 12.9. The number of fused-ring (bicyclic) bond motifs is 1. The fourth-order valence-corrected chi connectivity index (χ4v) is 4.50. The van der Waals surface area contributed by atoms with E-state index in [1.54, 1.807) is 12.1 Å². The lowest BCUT2D eigenvalue weighted by Gasteiger charge is -2.14. The molecule has 0 bridgehead atoms. The molecule has 226 valence electrons. The van der Waals surface area contributed by atoms with Crippen molar-refractivity contribution in [1.82, 2.24) is 14.6 Å². The third-order valence-corrected chi connectivity index (χ3v) is 6.76. The standard InChI is InChI=1S/C28H28F4N8O3/c1-3-14(12-43-2)23(34)25(41)22-10-18(24-26(35)36-13-37-40(22)24)15-4-7-20(16(8-15)11-33)38-27(42)39-21-9-17(28(30,31)32)5-6-19(21)29/h4-10,13-14,34H,3,11-12,33H2,1-2H3,(H2,35,36,37)(H2,38,39,42). The zero-order valence-electron chi connectivity index (χ0n) is 23.1. The molecule has 2 heterocycles. The van der Waals surface area contributed by atoms with Crippen LogP contribution in [0.3, 0.4) is 0 Å². The van der Waals surface area contributed by atoms with E-state index in [1.807, 2.05) is 6.92 Å². The molecule has 15 heteroatoms. The topological polar surface area (TPSA) is 174 Å². The molecule has 2 aromatic carbocycles. The van der Waals surface area contributed by atoms with Crippen molar-refractivity contribution in [2.45, 2.75) is 26.1 Å². The van der Waals surface area contributed by atoms with Gasteiger partial charge in [-0.3, -0.25) is 4.79 Å². The average Bonchev–Trinajstić information content (AvgIpc) is 3.37. The molecule has 0 aliphatic rings. The van der Waals surface area contributed by atoms with Gasteiger partial charge in [0.05, 0.1) is 23.6 Å². The van der Waals surface area contributed by atoms with Crippen LogP contribution in [0.5, 0.6) is 0 Å². The second kappa shape index (κ2) is 12.5. The van der Waals surface area contributed by atoms with E-state index < -0.39 is 41.0 Å². The molecule has 0 saturated carbocycles. The zero-order valence-corrected chi connectivity index (χ0v) is 23.1. The fourth-order valence-electron chi connectivity index (χ4n) is 4.50. The third kappa shape index (κ3) is 6.47. The molecule has 1 atom stereocenters. The van der Waals surface area contributed by atoms with Crippen LogP contribution in [0.25, 0.3) is 16.6 Å². The molecule has 0 aliphatic carbocycles. The summed E-state index contributed by atoms with van der Waals surface area (Å²) in [6.07, 6.45) is -3.04. The number of ketones is 1. The van der Waals surface area contributed by atoms with Crippen molar-refractivity contribution >= 4 is 40.2 Å². The second-order valence-electron chi connectivity index (χ2n) is 9.50. The molecule has 0 radical (unpaired) electrons. The van der Waals surface area contributed by atoms with Crippen LogP contribution in [0.2, 0.25) is 0 Å². The highest BCUT2D eigenvalue weighted by molar-refractivity contribution is 6.45. The number of hydrogen-bond acceptors (Lipinski definition) is 8. The largest absolute Gasteiger partial charge is 0.416 e. The molecular formula is C28H28F4N8O3. The zero-order chi connectivity index (χ0) is 31.5. The monoisotopic (exact) mass is 600 g/mol. The number of nitrogens with two attached hydrogens (primary N) is 2. The number of rotatable bonds is 10. The number of methoxy groups -OCH3 is 1. The maximum atomic E-state index is 14.1. The van der Waals surface area contributed by atoms with Crippen molar-refractivity contribution in [2.75, 3.05) is 30.1 Å². The Kier molecular flexibility index (Phi) is 9.06. The molecule has 4 rings (SSSR count). The summed E-state index contributed by atoms with van der Waals surface area (Å²) in [5.41, 5.74) is 12.1. The summed E-state index contributed by atoms with van der Waals surface area (Å²) in [7, 11) is 1.49. The molecule has 0 aliphatic heterocycles. The average molecular weight is 601 g/mol. The lowest BCUT2D eigenvalue weighted by Crippen LogP contribution is -2.27. The summed E-state index contributed by atoms with van der Waals surface area (Å²) < 4.78 is 59.7. The fraction of sp³-hybridized carbons (Fsp3) is 0.250. The quantitative estimate of drug-likeness (QED) is 0.0955. The third-order valence-electron chi connectivity index (χ3n) is 6.76. The Bertz CT molecular complexity index is 1700. The summed E-state index contributed by atoms with van der Waals surface area (Å²) in [6.45, 7) is 1.95. The second-order valence-corrected chi connectivity index (χ2v) is 9.50. The number of hydrogen-bond donors (Lipinski definition) is 5.